The summed E-state index contributed by atoms with van der Waals surface area (Å²) in [5, 5.41) is 0.925. The molecule has 2 atom stereocenters. The fourth-order valence-electron chi connectivity index (χ4n) is 5.25. The molecule has 1 saturated heterocycles. The van der Waals surface area contributed by atoms with Crippen molar-refractivity contribution in [2.75, 3.05) is 0 Å². The molecule has 2 aliphatic rings. The van der Waals surface area contributed by atoms with Gasteiger partial charge in [0.2, 0.25) is 5.91 Å². The van der Waals surface area contributed by atoms with Crippen molar-refractivity contribution < 1.29 is 28.2 Å². The molecule has 2 heterocycles. The molecule has 5 rings (SSSR count). The molecule has 206 valence electrons. The van der Waals surface area contributed by atoms with Gasteiger partial charge in [-0.2, -0.15) is 0 Å². The Hall–Kier alpha value is -3.29. The number of esters is 1. The summed E-state index contributed by atoms with van der Waals surface area (Å²) in [4.78, 5) is 26.1. The zero-order valence-electron chi connectivity index (χ0n) is 23.2. The van der Waals surface area contributed by atoms with E-state index < -0.39 is 11.4 Å². The number of benzene rings is 2. The van der Waals surface area contributed by atoms with Crippen molar-refractivity contribution in [2.24, 2.45) is 5.92 Å². The van der Waals surface area contributed by atoms with Crippen LogP contribution >= 0.6 is 0 Å². The molecular formula is C32H36FNO5. The van der Waals surface area contributed by atoms with E-state index in [1.807, 2.05) is 71.0 Å². The van der Waals surface area contributed by atoms with Gasteiger partial charge in [0, 0.05) is 23.3 Å². The zero-order chi connectivity index (χ0) is 27.9. The van der Waals surface area contributed by atoms with E-state index in [0.717, 1.165) is 40.6 Å². The predicted molar refractivity (Wildman–Crippen MR) is 149 cm³/mol. The quantitative estimate of drug-likeness (QED) is 0.315. The molecule has 0 unspecified atom stereocenters. The number of rotatable bonds is 6. The van der Waals surface area contributed by atoms with Crippen LogP contribution in [-0.4, -0.2) is 40.0 Å². The number of carbonyl (C=O) groups excluding carboxylic acids is 2. The average Bonchev–Trinajstić information content (AvgIpc) is 3.63. The van der Waals surface area contributed by atoms with Gasteiger partial charge in [0.1, 0.15) is 11.4 Å². The van der Waals surface area contributed by atoms with Gasteiger partial charge in [-0.25, -0.2) is 4.39 Å². The molecule has 2 aromatic carbocycles. The number of ether oxygens (including phenoxy) is 3. The van der Waals surface area contributed by atoms with Crippen LogP contribution in [0, 0.1) is 11.7 Å². The molecule has 1 aliphatic carbocycles. The van der Waals surface area contributed by atoms with Crippen LogP contribution in [0.2, 0.25) is 0 Å². The standard InChI is InChI=1S/C32H36FNO5/c1-31(2,3)39-28(35)19-24-18-23(37-32(4,5)38-24)16-17-27-29(20-12-14-22(33)15-13-20)25-8-6-7-9-26(25)34(27)30(36)21-10-11-21/h6-9,12-17,21,23-24H,10-11,18-19H2,1-5H3/b17-16+/t23-,24-/m1/s1. The summed E-state index contributed by atoms with van der Waals surface area (Å²) < 4.78 is 33.4. The first kappa shape index (κ1) is 27.3. The van der Waals surface area contributed by atoms with Crippen molar-refractivity contribution >= 4 is 28.9 Å². The maximum atomic E-state index is 13.8. The van der Waals surface area contributed by atoms with Crippen LogP contribution in [0.3, 0.4) is 0 Å². The minimum Gasteiger partial charge on any atom is -0.460 e. The Bertz CT molecular complexity index is 1410. The lowest BCUT2D eigenvalue weighted by molar-refractivity contribution is -0.290. The number of halogens is 1. The smallest absolute Gasteiger partial charge is 0.308 e. The van der Waals surface area contributed by atoms with Crippen LogP contribution in [0.4, 0.5) is 4.39 Å². The molecular weight excluding hydrogens is 497 g/mol. The highest BCUT2D eigenvalue weighted by molar-refractivity contribution is 6.07. The van der Waals surface area contributed by atoms with Crippen LogP contribution in [0.25, 0.3) is 28.1 Å². The first-order valence-electron chi connectivity index (χ1n) is 13.6. The van der Waals surface area contributed by atoms with Gasteiger partial charge in [-0.15, -0.1) is 0 Å². The molecule has 6 nitrogen and oxygen atoms in total. The molecule has 1 aliphatic heterocycles. The van der Waals surface area contributed by atoms with Crippen LogP contribution in [-0.2, 0) is 19.0 Å². The van der Waals surface area contributed by atoms with Gasteiger partial charge in [-0.05, 0) is 77.3 Å². The molecule has 0 radical (unpaired) electrons. The molecule has 0 spiro atoms. The third-order valence-electron chi connectivity index (χ3n) is 6.86. The molecule has 0 bridgehead atoms. The number of aromatic nitrogens is 1. The van der Waals surface area contributed by atoms with Crippen molar-refractivity contribution in [1.29, 1.82) is 0 Å². The number of nitrogens with zero attached hydrogens (tertiary/aromatic N) is 1. The van der Waals surface area contributed by atoms with Gasteiger partial charge in [-0.1, -0.05) is 36.4 Å². The van der Waals surface area contributed by atoms with Gasteiger partial charge in [0.15, 0.2) is 5.79 Å². The van der Waals surface area contributed by atoms with Crippen LogP contribution in [0.1, 0.15) is 70.8 Å². The van der Waals surface area contributed by atoms with Crippen molar-refractivity contribution in [1.82, 2.24) is 4.57 Å². The zero-order valence-corrected chi connectivity index (χ0v) is 23.2. The van der Waals surface area contributed by atoms with E-state index >= 15 is 0 Å². The number of fused-ring (bicyclic) bond motifs is 1. The minimum atomic E-state index is -0.906. The topological polar surface area (TPSA) is 66.8 Å². The van der Waals surface area contributed by atoms with Crippen LogP contribution in [0.15, 0.2) is 54.6 Å². The highest BCUT2D eigenvalue weighted by Gasteiger charge is 2.37. The van der Waals surface area contributed by atoms with E-state index in [0.29, 0.717) is 6.42 Å². The molecule has 7 heteroatoms. The molecule has 39 heavy (non-hydrogen) atoms. The second-order valence-corrected chi connectivity index (χ2v) is 11.9. The Morgan fingerprint density at radius 1 is 1.08 bits per heavy atom. The summed E-state index contributed by atoms with van der Waals surface area (Å²) in [6, 6.07) is 14.2. The Balaban J connectivity index is 1.52. The summed E-state index contributed by atoms with van der Waals surface area (Å²) in [6.07, 6.45) is 5.46. The van der Waals surface area contributed by atoms with E-state index in [-0.39, 0.29) is 42.2 Å². The average molecular weight is 534 g/mol. The second kappa shape index (κ2) is 10.4. The predicted octanol–water partition coefficient (Wildman–Crippen LogP) is 7.15. The van der Waals surface area contributed by atoms with E-state index in [9.17, 15) is 14.0 Å². The SMILES string of the molecule is CC(C)(C)OC(=O)C[C@H]1C[C@@H](/C=C/c2c(-c3ccc(F)cc3)c3ccccc3n2C(=O)C2CC2)OC(C)(C)O1. The summed E-state index contributed by atoms with van der Waals surface area (Å²) in [5.74, 6) is -1.47. The summed E-state index contributed by atoms with van der Waals surface area (Å²) in [5.41, 5.74) is 2.67. The summed E-state index contributed by atoms with van der Waals surface area (Å²) in [7, 11) is 0. The lowest BCUT2D eigenvalue weighted by Crippen LogP contribution is -2.45. The lowest BCUT2D eigenvalue weighted by atomic mass is 10.0. The van der Waals surface area contributed by atoms with Gasteiger partial charge in [0.25, 0.3) is 0 Å². The van der Waals surface area contributed by atoms with Crippen molar-refractivity contribution in [3.63, 3.8) is 0 Å². The number of para-hydroxylation sites is 1. The monoisotopic (exact) mass is 533 g/mol. The van der Waals surface area contributed by atoms with Gasteiger partial charge in [0.05, 0.1) is 29.8 Å². The summed E-state index contributed by atoms with van der Waals surface area (Å²) in [6.45, 7) is 9.17. The van der Waals surface area contributed by atoms with Gasteiger partial charge in [-0.3, -0.25) is 14.2 Å². The first-order valence-corrected chi connectivity index (χ1v) is 13.6. The van der Waals surface area contributed by atoms with E-state index in [4.69, 9.17) is 14.2 Å². The Morgan fingerprint density at radius 2 is 1.77 bits per heavy atom. The molecule has 0 N–H and O–H groups in total. The molecule has 3 aromatic rings. The fourth-order valence-corrected chi connectivity index (χ4v) is 5.25. The normalized spacial score (nSPS) is 21.4. The number of hydrogen-bond donors (Lipinski definition) is 0. The Labute approximate surface area is 228 Å². The number of carbonyl (C=O) groups is 2. The van der Waals surface area contributed by atoms with E-state index in [1.165, 1.54) is 12.1 Å². The van der Waals surface area contributed by atoms with E-state index in [2.05, 4.69) is 0 Å². The maximum Gasteiger partial charge on any atom is 0.308 e. The largest absolute Gasteiger partial charge is 0.460 e. The van der Waals surface area contributed by atoms with Gasteiger partial charge >= 0.3 is 5.97 Å². The maximum absolute atomic E-state index is 13.8. The fraction of sp³-hybridized carbons (Fsp3) is 0.438. The molecule has 2 fully saturated rings. The summed E-state index contributed by atoms with van der Waals surface area (Å²) >= 11 is 0. The first-order chi connectivity index (χ1) is 18.4. The third kappa shape index (κ3) is 6.31. The lowest BCUT2D eigenvalue weighted by Gasteiger charge is -2.39. The van der Waals surface area contributed by atoms with Crippen LogP contribution in [0.5, 0.6) is 0 Å². The highest BCUT2D eigenvalue weighted by Crippen LogP contribution is 2.40. The second-order valence-electron chi connectivity index (χ2n) is 11.9. The number of hydrogen-bond acceptors (Lipinski definition) is 5. The van der Waals surface area contributed by atoms with E-state index in [1.54, 1.807) is 16.7 Å². The van der Waals surface area contributed by atoms with Crippen molar-refractivity contribution in [2.45, 2.75) is 83.9 Å². The van der Waals surface area contributed by atoms with Crippen LogP contribution < -0.4 is 0 Å². The highest BCUT2D eigenvalue weighted by atomic mass is 19.1. The molecule has 0 amide bonds. The minimum absolute atomic E-state index is 0.00509. The Morgan fingerprint density at radius 3 is 2.44 bits per heavy atom. The molecule has 1 aromatic heterocycles. The third-order valence-corrected chi connectivity index (χ3v) is 6.86. The van der Waals surface area contributed by atoms with Crippen molar-refractivity contribution in [3.8, 4) is 11.1 Å². The molecule has 1 saturated carbocycles. The van der Waals surface area contributed by atoms with Gasteiger partial charge < -0.3 is 14.2 Å². The Kier molecular flexibility index (Phi) is 7.25. The van der Waals surface area contributed by atoms with Crippen molar-refractivity contribution in [3.05, 3.63) is 66.1 Å².